The van der Waals surface area contributed by atoms with Gasteiger partial charge < -0.3 is 10.2 Å². The van der Waals surface area contributed by atoms with Crippen LogP contribution in [0.25, 0.3) is 0 Å². The predicted molar refractivity (Wildman–Crippen MR) is 147 cm³/mol. The Hall–Kier alpha value is -2.29. The van der Waals surface area contributed by atoms with Crippen molar-refractivity contribution < 1.29 is 18.0 Å². The molecule has 2 rings (SSSR count). The van der Waals surface area contributed by atoms with E-state index in [1.54, 1.807) is 37.3 Å². The standard InChI is InChI=1S/C26H35Cl2N3O4S/c1-5-8-16-29-26(33)24(7-3)30(17-21-22(27)10-9-11-23(21)28)25(32)18-31(36(4,34)35)20-14-12-19(6-2)13-15-20/h9-15,24H,5-8,16-18H2,1-4H3,(H,29,33)/t24-/m1/s1. The van der Waals surface area contributed by atoms with E-state index in [0.29, 0.717) is 34.3 Å². The number of unbranched alkanes of at least 4 members (excludes halogenated alkanes) is 1. The Kier molecular flexibility index (Phi) is 11.5. The highest BCUT2D eigenvalue weighted by Gasteiger charge is 2.32. The molecule has 0 unspecified atom stereocenters. The lowest BCUT2D eigenvalue weighted by molar-refractivity contribution is -0.140. The van der Waals surface area contributed by atoms with E-state index in [9.17, 15) is 18.0 Å². The molecule has 2 aromatic rings. The molecule has 10 heteroatoms. The molecule has 7 nitrogen and oxygen atoms in total. The summed E-state index contributed by atoms with van der Waals surface area (Å²) >= 11 is 12.8. The van der Waals surface area contributed by atoms with Gasteiger partial charge in [0.2, 0.25) is 21.8 Å². The van der Waals surface area contributed by atoms with Crippen molar-refractivity contribution in [3.63, 3.8) is 0 Å². The molecular formula is C26H35Cl2N3O4S. The number of carbonyl (C=O) groups is 2. The van der Waals surface area contributed by atoms with E-state index in [4.69, 9.17) is 23.2 Å². The third-order valence-electron chi connectivity index (χ3n) is 5.92. The van der Waals surface area contributed by atoms with E-state index in [0.717, 1.165) is 35.4 Å². The van der Waals surface area contributed by atoms with Gasteiger partial charge in [-0.05, 0) is 49.1 Å². The summed E-state index contributed by atoms with van der Waals surface area (Å²) in [7, 11) is -3.79. The Morgan fingerprint density at radius 3 is 2.11 bits per heavy atom. The Morgan fingerprint density at radius 2 is 1.61 bits per heavy atom. The smallest absolute Gasteiger partial charge is 0.244 e. The van der Waals surface area contributed by atoms with Crippen LogP contribution in [0.4, 0.5) is 5.69 Å². The topological polar surface area (TPSA) is 86.8 Å². The van der Waals surface area contributed by atoms with E-state index in [2.05, 4.69) is 5.32 Å². The number of sulfonamides is 1. The maximum atomic E-state index is 13.7. The molecule has 198 valence electrons. The second-order valence-electron chi connectivity index (χ2n) is 8.58. The molecule has 0 fully saturated rings. The SMILES string of the molecule is CCCCNC(=O)[C@@H](CC)N(Cc1c(Cl)cccc1Cl)C(=O)CN(c1ccc(CC)cc1)S(C)(=O)=O. The molecule has 0 saturated heterocycles. The first-order valence-corrected chi connectivity index (χ1v) is 14.7. The Morgan fingerprint density at radius 1 is 1.00 bits per heavy atom. The van der Waals surface area contributed by atoms with E-state index in [1.165, 1.54) is 4.90 Å². The Balaban J connectivity index is 2.45. The molecule has 0 bridgehead atoms. The summed E-state index contributed by atoms with van der Waals surface area (Å²) < 4.78 is 26.4. The third-order valence-corrected chi connectivity index (χ3v) is 7.77. The van der Waals surface area contributed by atoms with Crippen LogP contribution in [0.3, 0.4) is 0 Å². The average Bonchev–Trinajstić information content (AvgIpc) is 2.83. The van der Waals surface area contributed by atoms with E-state index >= 15 is 0 Å². The number of hydrogen-bond donors (Lipinski definition) is 1. The monoisotopic (exact) mass is 555 g/mol. The summed E-state index contributed by atoms with van der Waals surface area (Å²) in [5.41, 5.74) is 1.91. The van der Waals surface area contributed by atoms with Crippen LogP contribution in [0, 0.1) is 0 Å². The molecule has 2 amide bonds. The predicted octanol–water partition coefficient (Wildman–Crippen LogP) is 5.05. The molecule has 0 saturated carbocycles. The van der Waals surface area contributed by atoms with Gasteiger partial charge >= 0.3 is 0 Å². The number of aryl methyl sites for hydroxylation is 1. The fourth-order valence-corrected chi connectivity index (χ4v) is 5.16. The van der Waals surface area contributed by atoms with Gasteiger partial charge in [0.1, 0.15) is 12.6 Å². The summed E-state index contributed by atoms with van der Waals surface area (Å²) in [5, 5.41) is 3.60. The number of rotatable bonds is 13. The zero-order chi connectivity index (χ0) is 26.9. The van der Waals surface area contributed by atoms with Crippen molar-refractivity contribution in [1.29, 1.82) is 0 Å². The highest BCUT2D eigenvalue weighted by Crippen LogP contribution is 2.27. The largest absolute Gasteiger partial charge is 0.354 e. The highest BCUT2D eigenvalue weighted by molar-refractivity contribution is 7.92. The molecule has 0 aliphatic carbocycles. The number of benzene rings is 2. The molecule has 0 heterocycles. The fourth-order valence-electron chi connectivity index (χ4n) is 3.79. The van der Waals surface area contributed by atoms with Gasteiger partial charge in [0.15, 0.2) is 0 Å². The van der Waals surface area contributed by atoms with Gasteiger partial charge in [-0.1, -0.05) is 68.6 Å². The van der Waals surface area contributed by atoms with Crippen LogP contribution >= 0.6 is 23.2 Å². The first-order chi connectivity index (χ1) is 17.0. The summed E-state index contributed by atoms with van der Waals surface area (Å²) in [6, 6.07) is 11.2. The molecule has 36 heavy (non-hydrogen) atoms. The molecular weight excluding hydrogens is 521 g/mol. The number of hydrogen-bond acceptors (Lipinski definition) is 4. The second-order valence-corrected chi connectivity index (χ2v) is 11.3. The summed E-state index contributed by atoms with van der Waals surface area (Å²) in [4.78, 5) is 28.2. The lowest BCUT2D eigenvalue weighted by Gasteiger charge is -2.33. The number of amides is 2. The summed E-state index contributed by atoms with van der Waals surface area (Å²) in [6.07, 6.45) is 3.90. The minimum atomic E-state index is -3.79. The molecule has 0 spiro atoms. The van der Waals surface area contributed by atoms with E-state index < -0.39 is 28.5 Å². The van der Waals surface area contributed by atoms with Gasteiger partial charge in [0, 0.05) is 28.7 Å². The molecule has 1 N–H and O–H groups in total. The first-order valence-electron chi connectivity index (χ1n) is 12.1. The van der Waals surface area contributed by atoms with Crippen molar-refractivity contribution in [3.8, 4) is 0 Å². The molecule has 0 radical (unpaired) electrons. The van der Waals surface area contributed by atoms with Crippen molar-refractivity contribution in [2.45, 2.75) is 59.0 Å². The van der Waals surface area contributed by atoms with Crippen LogP contribution in [-0.2, 0) is 32.6 Å². The van der Waals surface area contributed by atoms with Gasteiger partial charge in [0.25, 0.3) is 0 Å². The lowest BCUT2D eigenvalue weighted by Crippen LogP contribution is -2.52. The van der Waals surface area contributed by atoms with Crippen molar-refractivity contribution >= 4 is 50.7 Å². The molecule has 0 aliphatic heterocycles. The van der Waals surface area contributed by atoms with E-state index in [-0.39, 0.29) is 12.5 Å². The number of anilines is 1. The van der Waals surface area contributed by atoms with Crippen LogP contribution in [-0.4, -0.2) is 50.5 Å². The van der Waals surface area contributed by atoms with Gasteiger partial charge in [-0.2, -0.15) is 0 Å². The summed E-state index contributed by atoms with van der Waals surface area (Å²) in [6.45, 7) is 5.80. The summed E-state index contributed by atoms with van der Waals surface area (Å²) in [5.74, 6) is -0.839. The second kappa shape index (κ2) is 13.9. The lowest BCUT2D eigenvalue weighted by atomic mass is 10.1. The number of nitrogens with zero attached hydrogens (tertiary/aromatic N) is 2. The first kappa shape index (κ1) is 29.9. The fraction of sp³-hybridized carbons (Fsp3) is 0.462. The zero-order valence-electron chi connectivity index (χ0n) is 21.3. The molecule has 0 aromatic heterocycles. The highest BCUT2D eigenvalue weighted by atomic mass is 35.5. The molecule has 2 aromatic carbocycles. The van der Waals surface area contributed by atoms with E-state index in [1.807, 2.05) is 26.0 Å². The van der Waals surface area contributed by atoms with Crippen LogP contribution < -0.4 is 9.62 Å². The number of carbonyl (C=O) groups excluding carboxylic acids is 2. The third kappa shape index (κ3) is 8.11. The van der Waals surface area contributed by atoms with Crippen molar-refractivity contribution in [3.05, 3.63) is 63.6 Å². The van der Waals surface area contributed by atoms with Gasteiger partial charge in [-0.3, -0.25) is 13.9 Å². The molecule has 1 atom stereocenters. The number of halogens is 2. The maximum absolute atomic E-state index is 13.7. The van der Waals surface area contributed by atoms with Crippen molar-refractivity contribution in [1.82, 2.24) is 10.2 Å². The van der Waals surface area contributed by atoms with Crippen LogP contribution in [0.5, 0.6) is 0 Å². The minimum Gasteiger partial charge on any atom is -0.354 e. The quantitative estimate of drug-likeness (QED) is 0.350. The van der Waals surface area contributed by atoms with Crippen LogP contribution in [0.15, 0.2) is 42.5 Å². The normalized spacial score (nSPS) is 12.2. The van der Waals surface area contributed by atoms with Crippen molar-refractivity contribution in [2.24, 2.45) is 0 Å². The minimum absolute atomic E-state index is 0.0383. The average molecular weight is 557 g/mol. The maximum Gasteiger partial charge on any atom is 0.244 e. The van der Waals surface area contributed by atoms with Gasteiger partial charge in [0.05, 0.1) is 11.9 Å². The van der Waals surface area contributed by atoms with Crippen LogP contribution in [0.2, 0.25) is 10.0 Å². The van der Waals surface area contributed by atoms with Gasteiger partial charge in [-0.25, -0.2) is 8.42 Å². The number of nitrogens with one attached hydrogen (secondary N) is 1. The van der Waals surface area contributed by atoms with Gasteiger partial charge in [-0.15, -0.1) is 0 Å². The Labute approximate surface area is 224 Å². The van der Waals surface area contributed by atoms with Crippen molar-refractivity contribution in [2.75, 3.05) is 23.7 Å². The Bertz CT molecular complexity index is 1120. The van der Waals surface area contributed by atoms with Crippen LogP contribution in [0.1, 0.15) is 51.2 Å². The zero-order valence-corrected chi connectivity index (χ0v) is 23.6. The molecule has 0 aliphatic rings.